The Morgan fingerprint density at radius 3 is 2.33 bits per heavy atom. The number of nitro benzene ring substituents is 1. The molecule has 0 spiro atoms. The van der Waals surface area contributed by atoms with Gasteiger partial charge in [-0.15, -0.1) is 0 Å². The maximum atomic E-state index is 12.6. The fourth-order valence-corrected chi connectivity index (χ4v) is 3.95. The third kappa shape index (κ3) is 2.44. The fourth-order valence-electron chi connectivity index (χ4n) is 2.39. The molecule has 0 aliphatic carbocycles. The molecular weight excluding hydrogens is 336 g/mol. The number of amides is 1. The second-order valence-electron chi connectivity index (χ2n) is 5.04. The molecule has 0 radical (unpaired) electrons. The Bertz CT molecular complexity index is 966. The number of hydrogen-bond donors (Lipinski definition) is 0. The van der Waals surface area contributed by atoms with E-state index in [0.717, 1.165) is 24.3 Å². The molecule has 1 amide bonds. The lowest BCUT2D eigenvalue weighted by Gasteiger charge is -2.27. The molecule has 3 rings (SSSR count). The zero-order valence-electron chi connectivity index (χ0n) is 12.1. The summed E-state index contributed by atoms with van der Waals surface area (Å²) in [5.41, 5.74) is -0.240. The van der Waals surface area contributed by atoms with Gasteiger partial charge < -0.3 is 0 Å². The minimum atomic E-state index is -4.16. The quantitative estimate of drug-likeness (QED) is 0.603. The summed E-state index contributed by atoms with van der Waals surface area (Å²) in [7, 11) is -4.16. The molecule has 0 saturated heterocycles. The summed E-state index contributed by atoms with van der Waals surface area (Å²) in [5.74, 6) is -1.40. The van der Waals surface area contributed by atoms with Gasteiger partial charge in [0.1, 0.15) is 6.54 Å². The number of nitrogens with zero attached hydrogens (tertiary/aromatic N) is 2. The second-order valence-corrected chi connectivity index (χ2v) is 6.87. The summed E-state index contributed by atoms with van der Waals surface area (Å²) in [6, 6.07) is 10.2. The van der Waals surface area contributed by atoms with E-state index in [1.807, 2.05) is 0 Å². The minimum absolute atomic E-state index is 0.0465. The van der Waals surface area contributed by atoms with Gasteiger partial charge in [-0.1, -0.05) is 12.1 Å². The van der Waals surface area contributed by atoms with Gasteiger partial charge in [0.25, 0.3) is 21.6 Å². The maximum Gasteiger partial charge on any atom is 0.269 e. The first-order valence-electron chi connectivity index (χ1n) is 6.76. The summed E-state index contributed by atoms with van der Waals surface area (Å²) < 4.78 is 25.7. The number of fused-ring (bicyclic) bond motifs is 1. The minimum Gasteiger partial charge on any atom is -0.292 e. The molecule has 2 aromatic carbocycles. The van der Waals surface area contributed by atoms with Crippen molar-refractivity contribution < 1.29 is 22.9 Å². The average molecular weight is 346 g/mol. The first kappa shape index (κ1) is 15.8. The maximum absolute atomic E-state index is 12.6. The van der Waals surface area contributed by atoms with Crippen LogP contribution >= 0.6 is 0 Å². The zero-order valence-corrected chi connectivity index (χ0v) is 12.9. The van der Waals surface area contributed by atoms with Crippen LogP contribution in [0, 0.1) is 10.1 Å². The van der Waals surface area contributed by atoms with Crippen LogP contribution in [0.4, 0.5) is 5.69 Å². The Hall–Kier alpha value is -3.07. The number of hydrogen-bond acceptors (Lipinski definition) is 6. The summed E-state index contributed by atoms with van der Waals surface area (Å²) >= 11 is 0. The van der Waals surface area contributed by atoms with E-state index in [-0.39, 0.29) is 21.7 Å². The van der Waals surface area contributed by atoms with Crippen molar-refractivity contribution in [1.29, 1.82) is 0 Å². The topological polar surface area (TPSA) is 115 Å². The molecule has 0 N–H and O–H groups in total. The highest BCUT2D eigenvalue weighted by atomic mass is 32.2. The molecule has 0 unspecified atom stereocenters. The van der Waals surface area contributed by atoms with Crippen LogP contribution in [-0.2, 0) is 10.0 Å². The highest BCUT2D eigenvalue weighted by molar-refractivity contribution is 7.90. The average Bonchev–Trinajstić information content (AvgIpc) is 2.58. The Kier molecular flexibility index (Phi) is 3.64. The van der Waals surface area contributed by atoms with Crippen LogP contribution in [0.5, 0.6) is 0 Å². The van der Waals surface area contributed by atoms with Gasteiger partial charge in [-0.3, -0.25) is 19.7 Å². The van der Waals surface area contributed by atoms with E-state index >= 15 is 0 Å². The molecule has 8 nitrogen and oxygen atoms in total. The molecule has 2 aromatic rings. The number of carbonyl (C=O) groups excluding carboxylic acids is 2. The van der Waals surface area contributed by atoms with Gasteiger partial charge >= 0.3 is 0 Å². The smallest absolute Gasteiger partial charge is 0.269 e. The number of benzene rings is 2. The van der Waals surface area contributed by atoms with Crippen LogP contribution in [0.1, 0.15) is 20.7 Å². The van der Waals surface area contributed by atoms with E-state index in [2.05, 4.69) is 0 Å². The van der Waals surface area contributed by atoms with E-state index in [1.165, 1.54) is 18.2 Å². The molecule has 1 heterocycles. The van der Waals surface area contributed by atoms with Crippen LogP contribution in [0.3, 0.4) is 0 Å². The van der Waals surface area contributed by atoms with Gasteiger partial charge in [0, 0.05) is 23.3 Å². The van der Waals surface area contributed by atoms with Crippen molar-refractivity contribution in [2.75, 3.05) is 6.54 Å². The number of non-ortho nitro benzene ring substituents is 1. The Balaban J connectivity index is 2.02. The Morgan fingerprint density at radius 1 is 1.08 bits per heavy atom. The van der Waals surface area contributed by atoms with Crippen LogP contribution < -0.4 is 0 Å². The van der Waals surface area contributed by atoms with E-state index < -0.39 is 33.2 Å². The third-order valence-corrected chi connectivity index (χ3v) is 5.38. The third-order valence-electron chi connectivity index (χ3n) is 3.59. The lowest BCUT2D eigenvalue weighted by Crippen LogP contribution is -2.44. The number of nitro groups is 1. The monoisotopic (exact) mass is 346 g/mol. The lowest BCUT2D eigenvalue weighted by atomic mass is 10.1. The molecule has 0 fully saturated rings. The number of Topliss-reactive ketones (excluding diaryl/α,β-unsaturated/α-hetero) is 1. The normalized spacial score (nSPS) is 15.7. The number of sulfonamides is 1. The highest BCUT2D eigenvalue weighted by Crippen LogP contribution is 2.27. The molecule has 24 heavy (non-hydrogen) atoms. The summed E-state index contributed by atoms with van der Waals surface area (Å²) in [6.45, 7) is -0.602. The van der Waals surface area contributed by atoms with Crippen molar-refractivity contribution >= 4 is 27.4 Å². The molecule has 0 atom stereocenters. The largest absolute Gasteiger partial charge is 0.292 e. The van der Waals surface area contributed by atoms with E-state index in [9.17, 15) is 28.1 Å². The van der Waals surface area contributed by atoms with Crippen molar-refractivity contribution in [2.24, 2.45) is 0 Å². The van der Waals surface area contributed by atoms with Crippen LogP contribution in [0.2, 0.25) is 0 Å². The predicted molar refractivity (Wildman–Crippen MR) is 82.1 cm³/mol. The van der Waals surface area contributed by atoms with E-state index in [0.29, 0.717) is 4.31 Å². The van der Waals surface area contributed by atoms with Crippen molar-refractivity contribution in [3.8, 4) is 0 Å². The first-order chi connectivity index (χ1) is 11.3. The van der Waals surface area contributed by atoms with Gasteiger partial charge in [-0.2, -0.15) is 0 Å². The highest BCUT2D eigenvalue weighted by Gasteiger charge is 2.39. The van der Waals surface area contributed by atoms with Gasteiger partial charge in [0.15, 0.2) is 5.78 Å². The molecule has 1 aliphatic heterocycles. The summed E-state index contributed by atoms with van der Waals surface area (Å²) in [6.07, 6.45) is 0. The number of carbonyl (C=O) groups is 2. The number of ketones is 1. The first-order valence-corrected chi connectivity index (χ1v) is 8.20. The van der Waals surface area contributed by atoms with Gasteiger partial charge in [0.05, 0.1) is 9.82 Å². The van der Waals surface area contributed by atoms with Crippen LogP contribution in [0.25, 0.3) is 0 Å². The van der Waals surface area contributed by atoms with Crippen molar-refractivity contribution in [3.05, 3.63) is 69.8 Å². The second kappa shape index (κ2) is 5.53. The molecule has 9 heteroatoms. The molecule has 0 aromatic heterocycles. The molecule has 0 bridgehead atoms. The zero-order chi connectivity index (χ0) is 17.5. The van der Waals surface area contributed by atoms with Crippen molar-refractivity contribution in [2.45, 2.75) is 4.90 Å². The van der Waals surface area contributed by atoms with Crippen molar-refractivity contribution in [3.63, 3.8) is 0 Å². The van der Waals surface area contributed by atoms with Gasteiger partial charge in [0.2, 0.25) is 0 Å². The Labute approximate surface area is 136 Å². The summed E-state index contributed by atoms with van der Waals surface area (Å²) in [4.78, 5) is 34.4. The number of rotatable bonds is 2. The Morgan fingerprint density at radius 2 is 1.71 bits per heavy atom. The van der Waals surface area contributed by atoms with Gasteiger partial charge in [-0.25, -0.2) is 12.7 Å². The van der Waals surface area contributed by atoms with E-state index in [4.69, 9.17) is 0 Å². The van der Waals surface area contributed by atoms with Crippen LogP contribution in [-0.4, -0.2) is 35.9 Å². The molecule has 1 aliphatic rings. The van der Waals surface area contributed by atoms with Crippen LogP contribution in [0.15, 0.2) is 53.4 Å². The predicted octanol–water partition coefficient (Wildman–Crippen LogP) is 1.62. The van der Waals surface area contributed by atoms with Gasteiger partial charge in [-0.05, 0) is 24.3 Å². The molecule has 0 saturated carbocycles. The van der Waals surface area contributed by atoms with Crippen molar-refractivity contribution in [1.82, 2.24) is 4.31 Å². The summed E-state index contributed by atoms with van der Waals surface area (Å²) in [5, 5.41) is 10.6. The fraction of sp³-hybridized carbons (Fsp3) is 0.0667. The SMILES string of the molecule is O=C1CN(C(=O)c2ccc([N+](=O)[O-])cc2)S(=O)(=O)c2ccccc21. The van der Waals surface area contributed by atoms with E-state index in [1.54, 1.807) is 6.07 Å². The molecule has 122 valence electrons. The molecular formula is C15H10N2O6S. The standard InChI is InChI=1S/C15H10N2O6S/c18-13-9-16(24(22,23)14-4-2-1-3-12(13)14)15(19)10-5-7-11(8-6-10)17(20)21/h1-8H,9H2. The lowest BCUT2D eigenvalue weighted by molar-refractivity contribution is -0.384.